The van der Waals surface area contributed by atoms with Crippen molar-refractivity contribution in [3.05, 3.63) is 53.5 Å². The van der Waals surface area contributed by atoms with Gasteiger partial charge in [0.1, 0.15) is 0 Å². The van der Waals surface area contributed by atoms with Gasteiger partial charge >= 0.3 is 6.18 Å². The number of hydrogen-bond acceptors (Lipinski definition) is 3. The summed E-state index contributed by atoms with van der Waals surface area (Å²) in [6.45, 7) is 0.117. The fourth-order valence-corrected chi connectivity index (χ4v) is 4.73. The average Bonchev–Trinajstić information content (AvgIpc) is 3.30. The monoisotopic (exact) mass is 446 g/mol. The minimum atomic E-state index is -4.76. The van der Waals surface area contributed by atoms with E-state index in [0.717, 1.165) is 50.3 Å². The lowest BCUT2D eigenvalue weighted by atomic mass is 9.91. The third-order valence-corrected chi connectivity index (χ3v) is 6.69. The summed E-state index contributed by atoms with van der Waals surface area (Å²) < 4.78 is 40.9. The molecule has 0 radical (unpaired) electrons. The maximum absolute atomic E-state index is 13.7. The molecule has 0 bridgehead atoms. The summed E-state index contributed by atoms with van der Waals surface area (Å²) in [6.07, 6.45) is 2.93. The van der Waals surface area contributed by atoms with Crippen molar-refractivity contribution >= 4 is 16.8 Å². The van der Waals surface area contributed by atoms with Crippen LogP contribution in [0.3, 0.4) is 0 Å². The van der Waals surface area contributed by atoms with Gasteiger partial charge in [-0.2, -0.15) is 18.3 Å². The Bertz CT molecular complexity index is 1160. The Labute approximate surface area is 183 Å². The molecular weight excluding hydrogens is 421 g/mol. The predicted molar refractivity (Wildman–Crippen MR) is 112 cm³/mol. The van der Waals surface area contributed by atoms with Crippen molar-refractivity contribution in [3.8, 4) is 0 Å². The van der Waals surface area contributed by atoms with Crippen LogP contribution in [-0.4, -0.2) is 54.5 Å². The number of hydrogen-bond donors (Lipinski definition) is 2. The quantitative estimate of drug-likeness (QED) is 0.626. The van der Waals surface area contributed by atoms with Crippen LogP contribution in [0.4, 0.5) is 13.2 Å². The highest BCUT2D eigenvalue weighted by molar-refractivity contribution is 6.07. The summed E-state index contributed by atoms with van der Waals surface area (Å²) in [5.41, 5.74) is 0.372. The third-order valence-electron chi connectivity index (χ3n) is 6.69. The second kappa shape index (κ2) is 7.37. The van der Waals surface area contributed by atoms with Gasteiger partial charge in [-0.25, -0.2) is 0 Å². The molecule has 3 aromatic rings. The van der Waals surface area contributed by atoms with E-state index in [1.165, 1.54) is 10.8 Å². The zero-order chi connectivity index (χ0) is 22.7. The van der Waals surface area contributed by atoms with Gasteiger partial charge < -0.3 is 14.6 Å². The van der Waals surface area contributed by atoms with Crippen LogP contribution < -0.4 is 0 Å². The van der Waals surface area contributed by atoms with Crippen molar-refractivity contribution in [1.82, 2.24) is 19.7 Å². The Kier molecular flexibility index (Phi) is 4.85. The molecule has 9 heteroatoms. The first-order valence-corrected chi connectivity index (χ1v) is 10.9. The molecule has 1 saturated carbocycles. The van der Waals surface area contributed by atoms with E-state index in [2.05, 4.69) is 10.2 Å². The lowest BCUT2D eigenvalue weighted by Crippen LogP contribution is -2.45. The Balaban J connectivity index is 1.46. The Morgan fingerprint density at radius 2 is 2.03 bits per heavy atom. The minimum absolute atomic E-state index is 0.0726. The molecule has 2 atom stereocenters. The first-order valence-electron chi connectivity index (χ1n) is 10.9. The van der Waals surface area contributed by atoms with Crippen LogP contribution in [0.25, 0.3) is 10.9 Å². The second-order valence-corrected chi connectivity index (χ2v) is 9.17. The van der Waals surface area contributed by atoms with Crippen molar-refractivity contribution in [2.45, 2.75) is 69.4 Å². The molecule has 6 nitrogen and oxygen atoms in total. The number of carbonyl (C=O) groups excluding carboxylic acids is 1. The fourth-order valence-electron chi connectivity index (χ4n) is 4.73. The number of alkyl halides is 3. The molecule has 5 rings (SSSR count). The lowest BCUT2D eigenvalue weighted by molar-refractivity contribution is -0.257. The maximum atomic E-state index is 13.7. The van der Waals surface area contributed by atoms with Crippen molar-refractivity contribution in [2.24, 2.45) is 0 Å². The number of aromatic nitrogens is 3. The molecule has 2 heterocycles. The van der Waals surface area contributed by atoms with E-state index in [-0.39, 0.29) is 18.0 Å². The third kappa shape index (κ3) is 3.58. The highest BCUT2D eigenvalue weighted by Crippen LogP contribution is 2.36. The van der Waals surface area contributed by atoms with Crippen molar-refractivity contribution in [2.75, 3.05) is 0 Å². The van der Waals surface area contributed by atoms with Gasteiger partial charge in [0.2, 0.25) is 0 Å². The van der Waals surface area contributed by atoms with Crippen LogP contribution in [-0.2, 0) is 19.4 Å². The molecule has 2 aromatic heterocycles. The molecule has 0 saturated heterocycles. The SMILES string of the molecule is CC(O)(Cn1ccc2c(C(=O)N(C3CC3)C3CCc4[nH]ncc4C3)cccc21)C(F)(F)F. The number of aliphatic hydroxyl groups is 1. The first kappa shape index (κ1) is 21.1. The van der Waals surface area contributed by atoms with Gasteiger partial charge in [-0.3, -0.25) is 9.89 Å². The highest BCUT2D eigenvalue weighted by atomic mass is 19.4. The van der Waals surface area contributed by atoms with Crippen LogP contribution in [0, 0.1) is 0 Å². The summed E-state index contributed by atoms with van der Waals surface area (Å²) in [4.78, 5) is 15.7. The lowest BCUT2D eigenvalue weighted by Gasteiger charge is -2.34. The second-order valence-electron chi connectivity index (χ2n) is 9.17. The maximum Gasteiger partial charge on any atom is 0.418 e. The van der Waals surface area contributed by atoms with Crippen LogP contribution in [0.5, 0.6) is 0 Å². The van der Waals surface area contributed by atoms with Crippen LogP contribution in [0.2, 0.25) is 0 Å². The molecule has 2 aliphatic rings. The topological polar surface area (TPSA) is 74.2 Å². The van der Waals surface area contributed by atoms with Gasteiger partial charge in [-0.1, -0.05) is 6.07 Å². The average molecular weight is 446 g/mol. The zero-order valence-corrected chi connectivity index (χ0v) is 17.7. The number of carbonyl (C=O) groups is 1. The number of fused-ring (bicyclic) bond motifs is 2. The molecule has 170 valence electrons. The molecule has 2 aliphatic carbocycles. The number of aromatic amines is 1. The largest absolute Gasteiger partial charge is 0.418 e. The number of H-pyrrole nitrogens is 1. The molecule has 0 spiro atoms. The van der Waals surface area contributed by atoms with Crippen molar-refractivity contribution < 1.29 is 23.1 Å². The van der Waals surface area contributed by atoms with Gasteiger partial charge in [0.15, 0.2) is 5.60 Å². The molecular formula is C23H25F3N4O2. The van der Waals surface area contributed by atoms with E-state index in [1.807, 2.05) is 11.1 Å². The standard InChI is InChI=1S/C23H25F3N4O2/c1-22(32,23(24,25)26)13-29-10-9-17-18(3-2-4-20(17)29)21(31)30(15-5-6-15)16-7-8-19-14(11-16)12-27-28-19/h2-4,9-10,12,15-16,32H,5-8,11,13H2,1H3,(H,27,28). The van der Waals surface area contributed by atoms with E-state index in [0.29, 0.717) is 16.5 Å². The summed E-state index contributed by atoms with van der Waals surface area (Å²) in [5, 5.41) is 17.7. The molecule has 32 heavy (non-hydrogen) atoms. The summed E-state index contributed by atoms with van der Waals surface area (Å²) in [5.74, 6) is -0.0876. The molecule has 1 fully saturated rings. The molecule has 2 N–H and O–H groups in total. The number of nitrogens with zero attached hydrogens (tertiary/aromatic N) is 3. The Hall–Kier alpha value is -2.81. The Morgan fingerprint density at radius 3 is 2.75 bits per heavy atom. The number of nitrogens with one attached hydrogen (secondary N) is 1. The zero-order valence-electron chi connectivity index (χ0n) is 17.7. The van der Waals surface area contributed by atoms with E-state index in [4.69, 9.17) is 0 Å². The number of halogens is 3. The number of rotatable bonds is 5. The van der Waals surface area contributed by atoms with Crippen LogP contribution >= 0.6 is 0 Å². The molecule has 1 aromatic carbocycles. The smallest absolute Gasteiger partial charge is 0.379 e. The van der Waals surface area contributed by atoms with Gasteiger partial charge in [-0.05, 0) is 62.8 Å². The molecule has 2 unspecified atom stereocenters. The van der Waals surface area contributed by atoms with Gasteiger partial charge in [-0.15, -0.1) is 0 Å². The molecule has 1 amide bonds. The minimum Gasteiger partial charge on any atom is -0.379 e. The van der Waals surface area contributed by atoms with E-state index in [1.54, 1.807) is 24.3 Å². The van der Waals surface area contributed by atoms with Crippen molar-refractivity contribution in [3.63, 3.8) is 0 Å². The Morgan fingerprint density at radius 1 is 1.25 bits per heavy atom. The fraction of sp³-hybridized carbons (Fsp3) is 0.478. The van der Waals surface area contributed by atoms with E-state index in [9.17, 15) is 23.1 Å². The van der Waals surface area contributed by atoms with Gasteiger partial charge in [0.25, 0.3) is 5.91 Å². The van der Waals surface area contributed by atoms with Crippen LogP contribution in [0.1, 0.15) is 47.8 Å². The summed E-state index contributed by atoms with van der Waals surface area (Å²) in [7, 11) is 0. The van der Waals surface area contributed by atoms with Crippen molar-refractivity contribution in [1.29, 1.82) is 0 Å². The summed E-state index contributed by atoms with van der Waals surface area (Å²) >= 11 is 0. The van der Waals surface area contributed by atoms with Crippen LogP contribution in [0.15, 0.2) is 36.7 Å². The summed E-state index contributed by atoms with van der Waals surface area (Å²) in [6, 6.07) is 7.04. The number of benzene rings is 1. The number of aryl methyl sites for hydroxylation is 1. The van der Waals surface area contributed by atoms with Gasteiger partial charge in [0.05, 0.1) is 12.7 Å². The normalized spacial score (nSPS) is 20.7. The van der Waals surface area contributed by atoms with Gasteiger partial charge in [0, 0.05) is 40.4 Å². The molecule has 0 aliphatic heterocycles. The highest BCUT2D eigenvalue weighted by Gasteiger charge is 2.50. The number of amides is 1. The first-order chi connectivity index (χ1) is 15.2. The predicted octanol–water partition coefficient (Wildman–Crippen LogP) is 3.84. The van der Waals surface area contributed by atoms with E-state index < -0.39 is 18.3 Å². The van der Waals surface area contributed by atoms with E-state index >= 15 is 0 Å².